The lowest BCUT2D eigenvalue weighted by atomic mass is 10.1. The van der Waals surface area contributed by atoms with Crippen LogP contribution in [-0.2, 0) is 0 Å². The Kier molecular flexibility index (Phi) is 4.06. The molecule has 1 saturated carbocycles. The maximum atomic E-state index is 9.71. The zero-order valence-electron chi connectivity index (χ0n) is 10.8. The molecular weight excluding hydrogens is 212 g/mol. The largest absolute Gasteiger partial charge is 0.493 e. The van der Waals surface area contributed by atoms with E-state index in [4.69, 9.17) is 4.74 Å². The third-order valence-corrected chi connectivity index (χ3v) is 3.57. The van der Waals surface area contributed by atoms with Crippen LogP contribution in [0.1, 0.15) is 49.8 Å². The number of hydrogen-bond donors (Lipinski definition) is 1. The summed E-state index contributed by atoms with van der Waals surface area (Å²) in [6.07, 6.45) is 4.79. The molecule has 1 aliphatic rings. The first kappa shape index (κ1) is 12.4. The minimum absolute atomic E-state index is 0.464. The second kappa shape index (κ2) is 5.54. The Bertz CT molecular complexity index is 365. The molecule has 1 fully saturated rings. The van der Waals surface area contributed by atoms with Gasteiger partial charge in [0.25, 0.3) is 0 Å². The Labute approximate surface area is 104 Å². The Morgan fingerprint density at radius 1 is 1.35 bits per heavy atom. The maximum Gasteiger partial charge on any atom is 0.125 e. The maximum absolute atomic E-state index is 9.71. The number of hydrogen-bond acceptors (Lipinski definition) is 2. The predicted octanol–water partition coefficient (Wildman–Crippen LogP) is 3.62. The van der Waals surface area contributed by atoms with Crippen LogP contribution in [0.4, 0.5) is 0 Å². The van der Waals surface area contributed by atoms with E-state index in [0.717, 1.165) is 17.9 Å². The summed E-state index contributed by atoms with van der Waals surface area (Å²) >= 11 is 0. The van der Waals surface area contributed by atoms with Gasteiger partial charge in [0.2, 0.25) is 0 Å². The van der Waals surface area contributed by atoms with Crippen molar-refractivity contribution in [1.29, 1.82) is 0 Å². The number of aliphatic hydroxyl groups excluding tert-OH is 1. The SMILES string of the molecule is Cc1ccc([C@H](C)O)c(OCC2CCCC2)c1. The van der Waals surface area contributed by atoms with Gasteiger partial charge in [-0.15, -0.1) is 0 Å². The van der Waals surface area contributed by atoms with Crippen molar-refractivity contribution in [1.82, 2.24) is 0 Å². The van der Waals surface area contributed by atoms with Crippen molar-refractivity contribution >= 4 is 0 Å². The minimum atomic E-state index is -0.464. The Morgan fingerprint density at radius 2 is 2.06 bits per heavy atom. The molecule has 1 N–H and O–H groups in total. The summed E-state index contributed by atoms with van der Waals surface area (Å²) in [6, 6.07) is 6.01. The summed E-state index contributed by atoms with van der Waals surface area (Å²) in [5.74, 6) is 1.56. The molecule has 17 heavy (non-hydrogen) atoms. The quantitative estimate of drug-likeness (QED) is 0.862. The monoisotopic (exact) mass is 234 g/mol. The molecule has 0 radical (unpaired) electrons. The number of rotatable bonds is 4. The van der Waals surface area contributed by atoms with Crippen LogP contribution in [0.2, 0.25) is 0 Å². The van der Waals surface area contributed by atoms with E-state index < -0.39 is 6.10 Å². The molecule has 0 aliphatic heterocycles. The lowest BCUT2D eigenvalue weighted by Crippen LogP contribution is -2.10. The molecule has 0 heterocycles. The first-order valence-electron chi connectivity index (χ1n) is 6.58. The highest BCUT2D eigenvalue weighted by Crippen LogP contribution is 2.29. The average Bonchev–Trinajstić information content (AvgIpc) is 2.78. The highest BCUT2D eigenvalue weighted by Gasteiger charge is 2.17. The van der Waals surface area contributed by atoms with E-state index in [1.165, 1.54) is 31.2 Å². The zero-order chi connectivity index (χ0) is 12.3. The van der Waals surface area contributed by atoms with Crippen LogP contribution < -0.4 is 4.74 Å². The van der Waals surface area contributed by atoms with Gasteiger partial charge in [0.05, 0.1) is 12.7 Å². The van der Waals surface area contributed by atoms with Gasteiger partial charge < -0.3 is 9.84 Å². The van der Waals surface area contributed by atoms with E-state index in [0.29, 0.717) is 5.92 Å². The lowest BCUT2D eigenvalue weighted by Gasteiger charge is -2.16. The van der Waals surface area contributed by atoms with E-state index in [2.05, 4.69) is 0 Å². The molecule has 2 rings (SSSR count). The zero-order valence-corrected chi connectivity index (χ0v) is 10.8. The van der Waals surface area contributed by atoms with Crippen molar-refractivity contribution in [2.45, 2.75) is 45.6 Å². The Morgan fingerprint density at radius 3 is 2.71 bits per heavy atom. The predicted molar refractivity (Wildman–Crippen MR) is 69.3 cm³/mol. The van der Waals surface area contributed by atoms with Crippen molar-refractivity contribution in [3.8, 4) is 5.75 Å². The molecule has 94 valence electrons. The highest BCUT2D eigenvalue weighted by molar-refractivity contribution is 5.38. The number of ether oxygens (including phenoxy) is 1. The van der Waals surface area contributed by atoms with Gasteiger partial charge in [-0.1, -0.05) is 25.0 Å². The summed E-state index contributed by atoms with van der Waals surface area (Å²) in [6.45, 7) is 4.63. The lowest BCUT2D eigenvalue weighted by molar-refractivity contribution is 0.186. The van der Waals surface area contributed by atoms with Crippen molar-refractivity contribution in [2.24, 2.45) is 5.92 Å². The average molecular weight is 234 g/mol. The second-order valence-electron chi connectivity index (χ2n) is 5.18. The van der Waals surface area contributed by atoms with E-state index in [9.17, 15) is 5.11 Å². The number of aryl methyl sites for hydroxylation is 1. The van der Waals surface area contributed by atoms with Crippen LogP contribution in [0.5, 0.6) is 5.75 Å². The Balaban J connectivity index is 2.04. The van der Waals surface area contributed by atoms with E-state index >= 15 is 0 Å². The van der Waals surface area contributed by atoms with Gasteiger partial charge in [0, 0.05) is 5.56 Å². The third kappa shape index (κ3) is 3.22. The van der Waals surface area contributed by atoms with E-state index in [1.807, 2.05) is 25.1 Å². The first-order valence-corrected chi connectivity index (χ1v) is 6.58. The van der Waals surface area contributed by atoms with Crippen LogP contribution >= 0.6 is 0 Å². The summed E-state index contributed by atoms with van der Waals surface area (Å²) in [7, 11) is 0. The fourth-order valence-electron chi connectivity index (χ4n) is 2.50. The fourth-order valence-corrected chi connectivity index (χ4v) is 2.50. The van der Waals surface area contributed by atoms with Crippen LogP contribution in [0.15, 0.2) is 18.2 Å². The van der Waals surface area contributed by atoms with Gasteiger partial charge in [-0.3, -0.25) is 0 Å². The molecule has 0 saturated heterocycles. The van der Waals surface area contributed by atoms with Gasteiger partial charge in [-0.25, -0.2) is 0 Å². The molecule has 0 spiro atoms. The summed E-state index contributed by atoms with van der Waals surface area (Å²) in [5, 5.41) is 9.71. The summed E-state index contributed by atoms with van der Waals surface area (Å²) in [5.41, 5.74) is 2.07. The fraction of sp³-hybridized carbons (Fsp3) is 0.600. The van der Waals surface area contributed by atoms with Gasteiger partial charge >= 0.3 is 0 Å². The van der Waals surface area contributed by atoms with Crippen molar-refractivity contribution in [2.75, 3.05) is 6.61 Å². The molecule has 2 heteroatoms. The van der Waals surface area contributed by atoms with Gasteiger partial charge in [0.15, 0.2) is 0 Å². The second-order valence-corrected chi connectivity index (χ2v) is 5.18. The first-order chi connectivity index (χ1) is 8.16. The minimum Gasteiger partial charge on any atom is -0.493 e. The van der Waals surface area contributed by atoms with Crippen LogP contribution in [0.25, 0.3) is 0 Å². The molecule has 0 bridgehead atoms. The third-order valence-electron chi connectivity index (χ3n) is 3.57. The van der Waals surface area contributed by atoms with Gasteiger partial charge in [-0.05, 0) is 44.2 Å². The standard InChI is InChI=1S/C15H22O2/c1-11-7-8-14(12(2)16)15(9-11)17-10-13-5-3-4-6-13/h7-9,12-13,16H,3-6,10H2,1-2H3/t12-/m0/s1. The number of aliphatic hydroxyl groups is 1. The molecule has 1 atom stereocenters. The Hall–Kier alpha value is -1.02. The van der Waals surface area contributed by atoms with Crippen molar-refractivity contribution in [3.05, 3.63) is 29.3 Å². The van der Waals surface area contributed by atoms with E-state index in [-0.39, 0.29) is 0 Å². The molecule has 2 nitrogen and oxygen atoms in total. The molecule has 0 amide bonds. The van der Waals surface area contributed by atoms with Crippen LogP contribution in [-0.4, -0.2) is 11.7 Å². The summed E-state index contributed by atoms with van der Waals surface area (Å²) < 4.78 is 5.90. The molecule has 1 aliphatic carbocycles. The normalized spacial score (nSPS) is 18.3. The highest BCUT2D eigenvalue weighted by atomic mass is 16.5. The summed E-state index contributed by atoms with van der Waals surface area (Å²) in [4.78, 5) is 0. The molecular formula is C15H22O2. The molecule has 0 unspecified atom stereocenters. The molecule has 0 aromatic heterocycles. The smallest absolute Gasteiger partial charge is 0.125 e. The van der Waals surface area contributed by atoms with Gasteiger partial charge in [-0.2, -0.15) is 0 Å². The van der Waals surface area contributed by atoms with Crippen LogP contribution in [0, 0.1) is 12.8 Å². The topological polar surface area (TPSA) is 29.5 Å². The molecule has 1 aromatic carbocycles. The number of benzene rings is 1. The van der Waals surface area contributed by atoms with Crippen molar-refractivity contribution < 1.29 is 9.84 Å². The van der Waals surface area contributed by atoms with Crippen molar-refractivity contribution in [3.63, 3.8) is 0 Å². The van der Waals surface area contributed by atoms with E-state index in [1.54, 1.807) is 6.92 Å². The van der Waals surface area contributed by atoms with Gasteiger partial charge in [0.1, 0.15) is 5.75 Å². The molecule has 1 aromatic rings. The van der Waals surface area contributed by atoms with Crippen LogP contribution in [0.3, 0.4) is 0 Å².